The van der Waals surface area contributed by atoms with Crippen LogP contribution in [0.5, 0.6) is 0 Å². The Hall–Kier alpha value is -4.20. The summed E-state index contributed by atoms with van der Waals surface area (Å²) in [6, 6.07) is 4.65. The minimum atomic E-state index is -1.40. The molecular weight excluding hydrogens is 582 g/mol. The second-order valence-electron chi connectivity index (χ2n) is 11.3. The van der Waals surface area contributed by atoms with E-state index < -0.39 is 71.9 Å². The number of amides is 3. The summed E-state index contributed by atoms with van der Waals surface area (Å²) in [4.78, 5) is 85.4. The fourth-order valence-corrected chi connectivity index (χ4v) is 5.88. The number of carboxylic acids is 2. The highest BCUT2D eigenvalue weighted by Crippen LogP contribution is 2.40. The Morgan fingerprint density at radius 1 is 1.09 bits per heavy atom. The number of esters is 1. The first-order valence-corrected chi connectivity index (χ1v) is 14.6. The zero-order chi connectivity index (χ0) is 32.1. The number of β-lactam (4-membered cyclic amide) rings is 1. The Morgan fingerprint density at radius 2 is 1.74 bits per heavy atom. The lowest BCUT2D eigenvalue weighted by Crippen LogP contribution is -2.70. The molecule has 2 aliphatic heterocycles. The third-order valence-electron chi connectivity index (χ3n) is 6.88. The standard InChI is InChI=1S/C29H35N3O10S/c1-15(33)12-21(35)42-13-17-14-43-26-22(25(37)32(26)23(17)28(40)41)31-20(34)7-5-6-19(27(38)39)30-24(36)16-8-10-18(11-9-16)29(2,3)4/h8-11,19,22,26H,5-7,12-14H2,1-4H3,(H,30,36)(H,31,34)(H,38,39)(H,40,41)/t19?,22?,26-/m0/s1. The molecule has 1 saturated heterocycles. The minimum Gasteiger partial charge on any atom is -0.480 e. The van der Waals surface area contributed by atoms with Crippen LogP contribution in [0, 0.1) is 0 Å². The number of rotatable bonds is 13. The molecule has 0 aliphatic carbocycles. The number of carbonyl (C=O) groups excluding carboxylic acids is 5. The number of carbonyl (C=O) groups is 7. The van der Waals surface area contributed by atoms with E-state index in [-0.39, 0.29) is 41.7 Å². The third-order valence-corrected chi connectivity index (χ3v) is 8.22. The first-order valence-electron chi connectivity index (χ1n) is 13.6. The highest BCUT2D eigenvalue weighted by molar-refractivity contribution is 8.00. The number of nitrogens with zero attached hydrogens (tertiary/aromatic N) is 1. The van der Waals surface area contributed by atoms with Crippen molar-refractivity contribution in [1.29, 1.82) is 0 Å². The lowest BCUT2D eigenvalue weighted by molar-refractivity contribution is -0.151. The summed E-state index contributed by atoms with van der Waals surface area (Å²) >= 11 is 1.19. The molecule has 0 aromatic heterocycles. The maximum atomic E-state index is 12.8. The van der Waals surface area contributed by atoms with Crippen LogP contribution in [-0.4, -0.2) is 86.3 Å². The summed E-state index contributed by atoms with van der Waals surface area (Å²) in [5, 5.41) is 23.6. The fourth-order valence-electron chi connectivity index (χ4n) is 4.55. The average Bonchev–Trinajstić information content (AvgIpc) is 2.92. The van der Waals surface area contributed by atoms with Gasteiger partial charge in [0.25, 0.3) is 11.8 Å². The molecule has 232 valence electrons. The Kier molecular flexibility index (Phi) is 10.7. The number of thioether (sulfide) groups is 1. The van der Waals surface area contributed by atoms with Gasteiger partial charge in [-0.3, -0.25) is 28.9 Å². The zero-order valence-electron chi connectivity index (χ0n) is 24.3. The van der Waals surface area contributed by atoms with Gasteiger partial charge in [-0.05, 0) is 42.9 Å². The number of hydrogen-bond donors (Lipinski definition) is 4. The molecule has 3 rings (SSSR count). The number of aliphatic carboxylic acids is 2. The molecule has 0 radical (unpaired) electrons. The molecule has 0 saturated carbocycles. The summed E-state index contributed by atoms with van der Waals surface area (Å²) in [6.07, 6.45) is -0.507. The zero-order valence-corrected chi connectivity index (χ0v) is 25.1. The van der Waals surface area contributed by atoms with Crippen molar-refractivity contribution in [2.45, 2.75) is 76.3 Å². The molecule has 13 nitrogen and oxygen atoms in total. The van der Waals surface area contributed by atoms with Crippen molar-refractivity contribution in [2.75, 3.05) is 12.4 Å². The van der Waals surface area contributed by atoms with Crippen molar-refractivity contribution in [3.8, 4) is 0 Å². The SMILES string of the molecule is CC(=O)CC(=O)OCC1=C(C(=O)O)N2C(=O)C(NC(=O)CCCC(NC(=O)c3ccc(C(C)(C)C)cc3)C(=O)O)[C@@H]2SC1. The average molecular weight is 618 g/mol. The van der Waals surface area contributed by atoms with E-state index in [4.69, 9.17) is 4.74 Å². The van der Waals surface area contributed by atoms with Gasteiger partial charge in [0.05, 0.1) is 0 Å². The first kappa shape index (κ1) is 33.3. The van der Waals surface area contributed by atoms with Crippen LogP contribution in [0.4, 0.5) is 0 Å². The highest BCUT2D eigenvalue weighted by atomic mass is 32.2. The van der Waals surface area contributed by atoms with Crippen molar-refractivity contribution in [3.63, 3.8) is 0 Å². The van der Waals surface area contributed by atoms with Crippen molar-refractivity contribution in [1.82, 2.24) is 15.5 Å². The predicted molar refractivity (Wildman–Crippen MR) is 154 cm³/mol. The third kappa shape index (κ3) is 8.43. The largest absolute Gasteiger partial charge is 0.480 e. The minimum absolute atomic E-state index is 0.0326. The summed E-state index contributed by atoms with van der Waals surface area (Å²) in [7, 11) is 0. The van der Waals surface area contributed by atoms with E-state index in [0.29, 0.717) is 5.56 Å². The van der Waals surface area contributed by atoms with Gasteiger partial charge < -0.3 is 25.6 Å². The van der Waals surface area contributed by atoms with E-state index in [0.717, 1.165) is 10.5 Å². The summed E-state index contributed by atoms with van der Waals surface area (Å²) in [6.45, 7) is 6.92. The molecule has 2 unspecified atom stereocenters. The van der Waals surface area contributed by atoms with Crippen LogP contribution in [0.3, 0.4) is 0 Å². The van der Waals surface area contributed by atoms with Gasteiger partial charge in [0, 0.05) is 23.3 Å². The second kappa shape index (κ2) is 13.8. The Bertz CT molecular complexity index is 1350. The quantitative estimate of drug-likeness (QED) is 0.143. The molecule has 2 heterocycles. The van der Waals surface area contributed by atoms with Crippen molar-refractivity contribution in [3.05, 3.63) is 46.7 Å². The summed E-state index contributed by atoms with van der Waals surface area (Å²) in [5.41, 5.74) is 1.08. The topological polar surface area (TPSA) is 196 Å². The van der Waals surface area contributed by atoms with E-state index in [1.165, 1.54) is 18.7 Å². The Balaban J connectivity index is 1.52. The molecule has 0 bridgehead atoms. The molecule has 1 aromatic rings. The number of ketones is 1. The van der Waals surface area contributed by atoms with E-state index >= 15 is 0 Å². The van der Waals surface area contributed by atoms with Gasteiger partial charge in [-0.1, -0.05) is 32.9 Å². The van der Waals surface area contributed by atoms with Crippen LogP contribution in [0.2, 0.25) is 0 Å². The number of fused-ring (bicyclic) bond motifs is 1. The van der Waals surface area contributed by atoms with E-state index in [9.17, 15) is 43.8 Å². The molecule has 1 fully saturated rings. The number of hydrogen-bond acceptors (Lipinski definition) is 9. The molecule has 43 heavy (non-hydrogen) atoms. The van der Waals surface area contributed by atoms with Gasteiger partial charge in [0.2, 0.25) is 5.91 Å². The Labute approximate surface area is 252 Å². The van der Waals surface area contributed by atoms with Crippen molar-refractivity contribution >= 4 is 53.2 Å². The molecule has 3 amide bonds. The smallest absolute Gasteiger partial charge is 0.352 e. The summed E-state index contributed by atoms with van der Waals surface area (Å²) < 4.78 is 4.98. The number of nitrogens with one attached hydrogen (secondary N) is 2. The monoisotopic (exact) mass is 617 g/mol. The fraction of sp³-hybridized carbons (Fsp3) is 0.483. The molecule has 4 N–H and O–H groups in total. The molecule has 3 atom stereocenters. The molecule has 1 aromatic carbocycles. The van der Waals surface area contributed by atoms with E-state index in [1.54, 1.807) is 12.1 Å². The molecular formula is C29H35N3O10S. The van der Waals surface area contributed by atoms with Gasteiger partial charge in [0.1, 0.15) is 42.0 Å². The van der Waals surface area contributed by atoms with Gasteiger partial charge in [-0.2, -0.15) is 0 Å². The van der Waals surface area contributed by atoms with Crippen LogP contribution < -0.4 is 10.6 Å². The molecule has 0 spiro atoms. The maximum absolute atomic E-state index is 12.8. The number of ether oxygens (including phenoxy) is 1. The van der Waals surface area contributed by atoms with Crippen LogP contribution in [0.1, 0.15) is 69.3 Å². The van der Waals surface area contributed by atoms with E-state index in [2.05, 4.69) is 10.6 Å². The second-order valence-corrected chi connectivity index (χ2v) is 12.4. The summed E-state index contributed by atoms with van der Waals surface area (Å²) in [5.74, 6) is -5.47. The van der Waals surface area contributed by atoms with Crippen molar-refractivity contribution in [2.24, 2.45) is 0 Å². The molecule has 2 aliphatic rings. The van der Waals surface area contributed by atoms with Crippen LogP contribution >= 0.6 is 11.8 Å². The first-order chi connectivity index (χ1) is 20.1. The van der Waals surface area contributed by atoms with Gasteiger partial charge >= 0.3 is 17.9 Å². The molecule has 14 heteroatoms. The van der Waals surface area contributed by atoms with Crippen LogP contribution in [0.25, 0.3) is 0 Å². The number of benzene rings is 1. The van der Waals surface area contributed by atoms with Gasteiger partial charge in [-0.25, -0.2) is 9.59 Å². The lowest BCUT2D eigenvalue weighted by Gasteiger charge is -2.49. The normalized spacial score (nSPS) is 18.6. The van der Waals surface area contributed by atoms with Gasteiger partial charge in [-0.15, -0.1) is 11.8 Å². The van der Waals surface area contributed by atoms with E-state index in [1.807, 2.05) is 32.9 Å². The van der Waals surface area contributed by atoms with Crippen LogP contribution in [-0.2, 0) is 38.9 Å². The Morgan fingerprint density at radius 3 is 2.30 bits per heavy atom. The highest BCUT2D eigenvalue weighted by Gasteiger charge is 2.54. The lowest BCUT2D eigenvalue weighted by atomic mass is 9.86. The van der Waals surface area contributed by atoms with Gasteiger partial charge in [0.15, 0.2) is 0 Å². The predicted octanol–water partition coefficient (Wildman–Crippen LogP) is 1.60. The van der Waals surface area contributed by atoms with Crippen LogP contribution in [0.15, 0.2) is 35.5 Å². The maximum Gasteiger partial charge on any atom is 0.352 e. The number of carboxylic acid groups (broad SMARTS) is 2. The van der Waals surface area contributed by atoms with Crippen molar-refractivity contribution < 1.29 is 48.5 Å². The number of Topliss-reactive ketones (excluding diaryl/α,β-unsaturated/α-hetero) is 1.